The van der Waals surface area contributed by atoms with Crippen molar-refractivity contribution in [3.05, 3.63) is 146 Å². The maximum Gasteiger partial charge on any atom is 0.286 e. The summed E-state index contributed by atoms with van der Waals surface area (Å²) in [5.41, 5.74) is 11.6. The van der Waals surface area contributed by atoms with Gasteiger partial charge in [0.05, 0.1) is 11.2 Å². The first kappa shape index (κ1) is 25.9. The molecule has 0 bridgehead atoms. The molecule has 4 aliphatic heterocycles. The van der Waals surface area contributed by atoms with Crippen LogP contribution in [-0.4, -0.2) is 23.4 Å². The van der Waals surface area contributed by atoms with E-state index >= 15 is 0 Å². The van der Waals surface area contributed by atoms with Crippen LogP contribution in [0.25, 0.3) is 0 Å². The summed E-state index contributed by atoms with van der Waals surface area (Å²) in [6, 6.07) is 50.6. The van der Waals surface area contributed by atoms with E-state index in [0.717, 1.165) is 73.6 Å². The maximum atomic E-state index is 6.64. The second kappa shape index (κ2) is 9.62. The molecule has 48 heavy (non-hydrogen) atoms. The SMILES string of the molecule is c1ccc(N2c3ccccc3B3c4nc5c(nc4N(c4ccccc4)c4cccc2c43)Oc2cccc3c2B5c2ccccc2O3)cc1. The van der Waals surface area contributed by atoms with Crippen molar-refractivity contribution in [3.8, 4) is 23.1 Å². The highest BCUT2D eigenvalue weighted by molar-refractivity contribution is 7.01. The van der Waals surface area contributed by atoms with Crippen LogP contribution >= 0.6 is 0 Å². The Labute approximate surface area is 278 Å². The molecule has 1 aromatic heterocycles. The summed E-state index contributed by atoms with van der Waals surface area (Å²) in [5.74, 6) is 3.68. The molecule has 0 saturated carbocycles. The van der Waals surface area contributed by atoms with Crippen molar-refractivity contribution in [3.63, 3.8) is 0 Å². The summed E-state index contributed by atoms with van der Waals surface area (Å²) in [7, 11) is 0. The molecular formula is C40H24B2N4O2. The van der Waals surface area contributed by atoms with E-state index in [1.165, 1.54) is 10.9 Å². The van der Waals surface area contributed by atoms with E-state index in [4.69, 9.17) is 19.4 Å². The van der Waals surface area contributed by atoms with Crippen LogP contribution in [0.4, 0.5) is 34.3 Å². The Morgan fingerprint density at radius 2 is 0.979 bits per heavy atom. The van der Waals surface area contributed by atoms with Crippen LogP contribution in [0.5, 0.6) is 23.1 Å². The first-order valence-corrected chi connectivity index (χ1v) is 16.2. The minimum atomic E-state index is -0.177. The monoisotopic (exact) mass is 614 g/mol. The molecule has 0 amide bonds. The lowest BCUT2D eigenvalue weighted by Crippen LogP contribution is -2.66. The highest BCUT2D eigenvalue weighted by Gasteiger charge is 2.48. The predicted molar refractivity (Wildman–Crippen MR) is 194 cm³/mol. The molecule has 5 heterocycles. The van der Waals surface area contributed by atoms with Crippen molar-refractivity contribution < 1.29 is 9.47 Å². The molecule has 7 aromatic rings. The number of para-hydroxylation sites is 4. The van der Waals surface area contributed by atoms with E-state index in [-0.39, 0.29) is 13.4 Å². The van der Waals surface area contributed by atoms with E-state index in [1.807, 2.05) is 36.4 Å². The Kier molecular flexibility index (Phi) is 5.19. The van der Waals surface area contributed by atoms with Crippen molar-refractivity contribution in [2.24, 2.45) is 0 Å². The smallest absolute Gasteiger partial charge is 0.286 e. The number of nitrogens with zero attached hydrogens (tertiary/aromatic N) is 4. The van der Waals surface area contributed by atoms with Crippen LogP contribution in [0.1, 0.15) is 0 Å². The highest BCUT2D eigenvalue weighted by atomic mass is 16.5. The number of anilines is 6. The maximum absolute atomic E-state index is 6.64. The van der Waals surface area contributed by atoms with Gasteiger partial charge in [-0.3, -0.25) is 9.88 Å². The third-order valence-corrected chi connectivity index (χ3v) is 9.97. The Morgan fingerprint density at radius 3 is 1.77 bits per heavy atom. The summed E-state index contributed by atoms with van der Waals surface area (Å²) in [4.78, 5) is 15.7. The van der Waals surface area contributed by atoms with Crippen molar-refractivity contribution in [2.75, 3.05) is 9.80 Å². The van der Waals surface area contributed by atoms with Crippen LogP contribution < -0.4 is 52.3 Å². The van der Waals surface area contributed by atoms with Crippen LogP contribution in [0.3, 0.4) is 0 Å². The zero-order valence-electron chi connectivity index (χ0n) is 25.6. The third kappa shape index (κ3) is 3.43. The van der Waals surface area contributed by atoms with E-state index in [1.54, 1.807) is 0 Å². The Balaban J connectivity index is 1.23. The Morgan fingerprint density at radius 1 is 0.417 bits per heavy atom. The molecule has 0 unspecified atom stereocenters. The molecule has 0 atom stereocenters. The summed E-state index contributed by atoms with van der Waals surface area (Å²) in [6.07, 6.45) is 0. The molecule has 222 valence electrons. The lowest BCUT2D eigenvalue weighted by molar-refractivity contribution is 0.452. The predicted octanol–water partition coefficient (Wildman–Crippen LogP) is 5.29. The van der Waals surface area contributed by atoms with Gasteiger partial charge in [0, 0.05) is 33.9 Å². The second-order valence-electron chi connectivity index (χ2n) is 12.5. The van der Waals surface area contributed by atoms with Gasteiger partial charge in [-0.25, -0.2) is 0 Å². The van der Waals surface area contributed by atoms with Crippen molar-refractivity contribution in [1.82, 2.24) is 9.97 Å². The number of hydrogen-bond donors (Lipinski definition) is 0. The Hall–Kier alpha value is -6.27. The van der Waals surface area contributed by atoms with Gasteiger partial charge in [-0.05, 0) is 77.1 Å². The molecular weight excluding hydrogens is 590 g/mol. The van der Waals surface area contributed by atoms with E-state index in [2.05, 4.69) is 119 Å². The van der Waals surface area contributed by atoms with E-state index in [0.29, 0.717) is 5.88 Å². The van der Waals surface area contributed by atoms with Crippen molar-refractivity contribution in [2.45, 2.75) is 0 Å². The second-order valence-corrected chi connectivity index (χ2v) is 12.5. The number of fused-ring (bicyclic) bond motifs is 8. The van der Waals surface area contributed by atoms with Crippen LogP contribution in [-0.2, 0) is 0 Å². The highest BCUT2D eigenvalue weighted by Crippen LogP contribution is 2.43. The van der Waals surface area contributed by atoms with Gasteiger partial charge in [0.15, 0.2) is 5.82 Å². The fourth-order valence-corrected chi connectivity index (χ4v) is 8.06. The van der Waals surface area contributed by atoms with Gasteiger partial charge in [0.25, 0.3) is 13.4 Å². The zero-order valence-corrected chi connectivity index (χ0v) is 25.6. The molecule has 6 nitrogen and oxygen atoms in total. The summed E-state index contributed by atoms with van der Waals surface area (Å²) in [5, 5.41) is 0. The van der Waals surface area contributed by atoms with E-state index < -0.39 is 0 Å². The van der Waals surface area contributed by atoms with Gasteiger partial charge in [0.2, 0.25) is 5.88 Å². The number of benzene rings is 6. The fourth-order valence-electron chi connectivity index (χ4n) is 8.06. The molecule has 0 saturated heterocycles. The van der Waals surface area contributed by atoms with Crippen molar-refractivity contribution in [1.29, 1.82) is 0 Å². The van der Waals surface area contributed by atoms with Gasteiger partial charge in [-0.15, -0.1) is 0 Å². The molecule has 0 N–H and O–H groups in total. The Bertz CT molecular complexity index is 2460. The first-order valence-electron chi connectivity index (χ1n) is 16.2. The average molecular weight is 614 g/mol. The van der Waals surface area contributed by atoms with Crippen molar-refractivity contribution >= 4 is 80.7 Å². The largest absolute Gasteiger partial charge is 0.458 e. The quantitative estimate of drug-likeness (QED) is 0.247. The number of ether oxygens (including phenoxy) is 2. The summed E-state index contributed by atoms with van der Waals surface area (Å²) >= 11 is 0. The van der Waals surface area contributed by atoms with Gasteiger partial charge in [0.1, 0.15) is 17.2 Å². The third-order valence-electron chi connectivity index (χ3n) is 9.97. The lowest BCUT2D eigenvalue weighted by atomic mass is 9.34. The van der Waals surface area contributed by atoms with Gasteiger partial charge in [-0.2, -0.15) is 4.98 Å². The average Bonchev–Trinajstić information content (AvgIpc) is 3.14. The minimum absolute atomic E-state index is 0.146. The molecule has 0 radical (unpaired) electrons. The van der Waals surface area contributed by atoms with Gasteiger partial charge < -0.3 is 14.4 Å². The van der Waals surface area contributed by atoms with Gasteiger partial charge in [-0.1, -0.05) is 84.9 Å². The standard InChI is InChI=1S/C40H24B2N4O2/c1-3-13-25(14-4-1)45-29-19-9-7-17-27(29)41-35-30(45)20-11-21-31(35)46(26-15-5-2-6-16-26)39-37(41)43-38-40(44-39)48-34-24-12-23-33-36(34)42(38)28-18-8-10-22-32(28)47-33/h1-24H. The normalized spacial score (nSPS) is 14.0. The summed E-state index contributed by atoms with van der Waals surface area (Å²) < 4.78 is 13.0. The molecule has 4 aliphatic rings. The number of hydrogen-bond acceptors (Lipinski definition) is 6. The van der Waals surface area contributed by atoms with E-state index in [9.17, 15) is 0 Å². The van der Waals surface area contributed by atoms with Crippen LogP contribution in [0.2, 0.25) is 0 Å². The minimum Gasteiger partial charge on any atom is -0.458 e. The molecule has 0 fully saturated rings. The fraction of sp³-hybridized carbons (Fsp3) is 0. The van der Waals surface area contributed by atoms with Crippen LogP contribution in [0.15, 0.2) is 146 Å². The summed E-state index contributed by atoms with van der Waals surface area (Å²) in [6.45, 7) is -0.323. The zero-order chi connectivity index (χ0) is 31.3. The molecule has 0 spiro atoms. The number of rotatable bonds is 2. The van der Waals surface area contributed by atoms with Crippen LogP contribution in [0, 0.1) is 0 Å². The molecule has 6 aromatic carbocycles. The topological polar surface area (TPSA) is 50.7 Å². The lowest BCUT2D eigenvalue weighted by Gasteiger charge is -2.43. The first-order chi connectivity index (χ1) is 23.8. The van der Waals surface area contributed by atoms with Gasteiger partial charge >= 0.3 is 0 Å². The molecule has 0 aliphatic carbocycles. The molecule has 11 rings (SSSR count). The molecule has 8 heteroatoms. The number of aromatic nitrogens is 2.